The van der Waals surface area contributed by atoms with Gasteiger partial charge in [-0.3, -0.25) is 4.79 Å². The van der Waals surface area contributed by atoms with E-state index in [0.717, 1.165) is 0 Å². The van der Waals surface area contributed by atoms with Crippen LogP contribution in [0.2, 0.25) is 0 Å². The van der Waals surface area contributed by atoms with Crippen LogP contribution in [0.4, 0.5) is 0 Å². The number of nitrogens with two attached hydrogens (primary N) is 1. The smallest absolute Gasteiger partial charge is 0.287 e. The summed E-state index contributed by atoms with van der Waals surface area (Å²) in [6.45, 7) is 1.74. The molecule has 1 heterocycles. The molecule has 0 aliphatic heterocycles. The minimum Gasteiger partial charge on any atom is -0.444 e. The van der Waals surface area contributed by atoms with Gasteiger partial charge in [-0.05, 0) is 35.0 Å². The molecule has 0 spiro atoms. The summed E-state index contributed by atoms with van der Waals surface area (Å²) < 4.78 is 5.56. The topological polar surface area (TPSA) is 101 Å². The first-order valence-corrected chi connectivity index (χ1v) is 5.35. The zero-order valence-corrected chi connectivity index (χ0v) is 10.2. The quantitative estimate of drug-likeness (QED) is 0.336. The molecule has 0 saturated carbocycles. The number of amidine groups is 1. The number of furan rings is 1. The maximum Gasteiger partial charge on any atom is 0.287 e. The average molecular weight is 290 g/mol. The summed E-state index contributed by atoms with van der Waals surface area (Å²) in [5.74, 6) is -0.0735. The van der Waals surface area contributed by atoms with E-state index in [9.17, 15) is 4.79 Å². The lowest BCUT2D eigenvalue weighted by atomic mass is 10.2. The first-order valence-electron chi connectivity index (χ1n) is 4.55. The predicted octanol–water partition coefficient (Wildman–Crippen LogP) is 1.30. The van der Waals surface area contributed by atoms with Gasteiger partial charge in [0.2, 0.25) is 0 Å². The molecule has 1 atom stereocenters. The number of carbonyl (C=O) groups is 1. The predicted molar refractivity (Wildman–Crippen MR) is 61.4 cm³/mol. The van der Waals surface area contributed by atoms with E-state index in [4.69, 9.17) is 15.4 Å². The van der Waals surface area contributed by atoms with Gasteiger partial charge in [0.05, 0.1) is 0 Å². The molecule has 7 heteroatoms. The van der Waals surface area contributed by atoms with Gasteiger partial charge in [0, 0.05) is 12.5 Å². The highest BCUT2D eigenvalue weighted by Gasteiger charge is 2.14. The molecule has 0 bridgehead atoms. The Morgan fingerprint density at radius 1 is 1.75 bits per heavy atom. The Balaban J connectivity index is 2.52. The SMILES string of the molecule is CC(CC(N)=NO)NC(=O)c1ccc(Br)o1. The second-order valence-corrected chi connectivity index (χ2v) is 4.06. The number of halogens is 1. The van der Waals surface area contributed by atoms with Gasteiger partial charge in [0.15, 0.2) is 10.4 Å². The summed E-state index contributed by atoms with van der Waals surface area (Å²) in [7, 11) is 0. The maximum absolute atomic E-state index is 11.6. The van der Waals surface area contributed by atoms with E-state index >= 15 is 0 Å². The monoisotopic (exact) mass is 289 g/mol. The molecule has 4 N–H and O–H groups in total. The fourth-order valence-electron chi connectivity index (χ4n) is 1.14. The summed E-state index contributed by atoms with van der Waals surface area (Å²) in [5, 5.41) is 13.8. The van der Waals surface area contributed by atoms with Crippen LogP contribution in [0, 0.1) is 0 Å². The largest absolute Gasteiger partial charge is 0.444 e. The van der Waals surface area contributed by atoms with Crippen molar-refractivity contribution in [3.63, 3.8) is 0 Å². The molecule has 1 amide bonds. The molecular formula is C9H12BrN3O3. The van der Waals surface area contributed by atoms with Crippen LogP contribution >= 0.6 is 15.9 Å². The van der Waals surface area contributed by atoms with Gasteiger partial charge in [-0.15, -0.1) is 0 Å². The second kappa shape index (κ2) is 5.55. The molecule has 0 radical (unpaired) electrons. The highest BCUT2D eigenvalue weighted by Crippen LogP contribution is 2.13. The molecule has 0 aliphatic carbocycles. The molecule has 1 rings (SSSR count). The fourth-order valence-corrected chi connectivity index (χ4v) is 1.44. The van der Waals surface area contributed by atoms with Crippen LogP contribution in [-0.2, 0) is 0 Å². The van der Waals surface area contributed by atoms with Crippen molar-refractivity contribution in [3.8, 4) is 0 Å². The van der Waals surface area contributed by atoms with Crippen LogP contribution in [0.5, 0.6) is 0 Å². The standard InChI is InChI=1S/C9H12BrN3O3/c1-5(4-8(11)13-15)12-9(14)6-2-3-7(10)16-6/h2-3,5,15H,4H2,1H3,(H2,11,13)(H,12,14). The van der Waals surface area contributed by atoms with Crippen LogP contribution < -0.4 is 11.1 Å². The van der Waals surface area contributed by atoms with E-state index in [0.29, 0.717) is 4.67 Å². The Morgan fingerprint density at radius 3 is 2.94 bits per heavy atom. The van der Waals surface area contributed by atoms with Crippen LogP contribution in [0.25, 0.3) is 0 Å². The van der Waals surface area contributed by atoms with Gasteiger partial charge < -0.3 is 20.7 Å². The molecule has 88 valence electrons. The zero-order valence-electron chi connectivity index (χ0n) is 8.61. The van der Waals surface area contributed by atoms with Crippen molar-refractivity contribution in [2.24, 2.45) is 10.9 Å². The molecule has 6 nitrogen and oxygen atoms in total. The van der Waals surface area contributed by atoms with Crippen molar-refractivity contribution in [1.29, 1.82) is 0 Å². The van der Waals surface area contributed by atoms with Gasteiger partial charge in [0.1, 0.15) is 5.84 Å². The molecule has 1 aromatic heterocycles. The van der Waals surface area contributed by atoms with E-state index in [1.807, 2.05) is 0 Å². The summed E-state index contributed by atoms with van der Waals surface area (Å²) in [6.07, 6.45) is 0.268. The number of hydrogen-bond acceptors (Lipinski definition) is 4. The highest BCUT2D eigenvalue weighted by molar-refractivity contribution is 9.10. The Labute approximate surface area is 101 Å². The number of rotatable bonds is 4. The lowest BCUT2D eigenvalue weighted by Gasteiger charge is -2.11. The van der Waals surface area contributed by atoms with Crippen LogP contribution in [0.1, 0.15) is 23.9 Å². The van der Waals surface area contributed by atoms with E-state index in [-0.39, 0.29) is 30.0 Å². The van der Waals surface area contributed by atoms with E-state index in [1.54, 1.807) is 19.1 Å². The Kier molecular flexibility index (Phi) is 4.36. The van der Waals surface area contributed by atoms with Crippen LogP contribution in [-0.4, -0.2) is 23.0 Å². The van der Waals surface area contributed by atoms with Crippen LogP contribution in [0.3, 0.4) is 0 Å². The molecule has 1 aromatic rings. The summed E-state index contributed by atoms with van der Waals surface area (Å²) in [4.78, 5) is 11.6. The first kappa shape index (κ1) is 12.6. The number of nitrogens with zero attached hydrogens (tertiary/aromatic N) is 1. The second-order valence-electron chi connectivity index (χ2n) is 3.27. The minimum absolute atomic E-state index is 0.0634. The maximum atomic E-state index is 11.6. The number of oxime groups is 1. The molecule has 0 aromatic carbocycles. The van der Waals surface area contributed by atoms with Gasteiger partial charge in [-0.2, -0.15) is 0 Å². The highest BCUT2D eigenvalue weighted by atomic mass is 79.9. The van der Waals surface area contributed by atoms with Crippen molar-refractivity contribution in [2.75, 3.05) is 0 Å². The third kappa shape index (κ3) is 3.58. The number of nitrogens with one attached hydrogen (secondary N) is 1. The van der Waals surface area contributed by atoms with Gasteiger partial charge in [0.25, 0.3) is 5.91 Å². The number of amides is 1. The molecule has 0 fully saturated rings. The Bertz CT molecular complexity index is 402. The molecular weight excluding hydrogens is 278 g/mol. The van der Waals surface area contributed by atoms with Crippen molar-refractivity contribution in [2.45, 2.75) is 19.4 Å². The fraction of sp³-hybridized carbons (Fsp3) is 0.333. The summed E-state index contributed by atoms with van der Waals surface area (Å²) >= 11 is 3.10. The van der Waals surface area contributed by atoms with Crippen molar-refractivity contribution in [1.82, 2.24) is 5.32 Å². The number of hydrogen-bond donors (Lipinski definition) is 3. The molecule has 16 heavy (non-hydrogen) atoms. The molecule has 0 saturated heterocycles. The summed E-state index contributed by atoms with van der Waals surface area (Å²) in [6, 6.07) is 2.94. The Morgan fingerprint density at radius 2 is 2.44 bits per heavy atom. The molecule has 1 unspecified atom stereocenters. The van der Waals surface area contributed by atoms with Crippen molar-refractivity contribution in [3.05, 3.63) is 22.6 Å². The summed E-state index contributed by atoms with van der Waals surface area (Å²) in [5.41, 5.74) is 5.31. The van der Waals surface area contributed by atoms with Gasteiger partial charge in [-0.25, -0.2) is 0 Å². The zero-order chi connectivity index (χ0) is 12.1. The average Bonchev–Trinajstić information content (AvgIpc) is 2.64. The minimum atomic E-state index is -0.344. The van der Waals surface area contributed by atoms with Crippen molar-refractivity contribution < 1.29 is 14.4 Å². The lowest BCUT2D eigenvalue weighted by molar-refractivity contribution is 0.0912. The van der Waals surface area contributed by atoms with E-state index < -0.39 is 0 Å². The third-order valence-electron chi connectivity index (χ3n) is 1.82. The first-order chi connectivity index (χ1) is 7.52. The lowest BCUT2D eigenvalue weighted by Crippen LogP contribution is -2.35. The Hall–Kier alpha value is -1.50. The van der Waals surface area contributed by atoms with E-state index in [1.165, 1.54) is 0 Å². The van der Waals surface area contributed by atoms with Crippen LogP contribution in [0.15, 0.2) is 26.4 Å². The van der Waals surface area contributed by atoms with Gasteiger partial charge in [-0.1, -0.05) is 5.16 Å². The van der Waals surface area contributed by atoms with Gasteiger partial charge >= 0.3 is 0 Å². The molecule has 0 aliphatic rings. The third-order valence-corrected chi connectivity index (χ3v) is 2.24. The van der Waals surface area contributed by atoms with E-state index in [2.05, 4.69) is 26.4 Å². The normalized spacial score (nSPS) is 13.5. The number of carbonyl (C=O) groups excluding carboxylic acids is 1. The van der Waals surface area contributed by atoms with Crippen molar-refractivity contribution >= 4 is 27.7 Å².